The van der Waals surface area contributed by atoms with Crippen LogP contribution in [0.15, 0.2) is 248 Å². The third-order valence-electron chi connectivity index (χ3n) is 11.1. The Bertz CT molecular complexity index is 4000. The highest BCUT2D eigenvalue weighted by atomic mass is 15.1. The van der Waals surface area contributed by atoms with Crippen molar-refractivity contribution in [1.29, 1.82) is 0 Å². The molecule has 11 rings (SSSR count). The first-order valence-electron chi connectivity index (χ1n) is 26.0. The van der Waals surface area contributed by atoms with E-state index in [1.165, 1.54) is 0 Å². The molecule has 0 heterocycles. The van der Waals surface area contributed by atoms with Crippen LogP contribution in [0.25, 0.3) is 88.0 Å². The van der Waals surface area contributed by atoms with E-state index in [-0.39, 0.29) is 16.7 Å². The van der Waals surface area contributed by atoms with Crippen molar-refractivity contribution >= 4 is 49.4 Å². The molecule has 0 unspecified atom stereocenters. The Morgan fingerprint density at radius 3 is 1.61 bits per heavy atom. The van der Waals surface area contributed by atoms with Gasteiger partial charge in [0, 0.05) is 17.1 Å². The Morgan fingerprint density at radius 2 is 0.852 bits per heavy atom. The summed E-state index contributed by atoms with van der Waals surface area (Å²) in [6, 6.07) is 47.3. The summed E-state index contributed by atoms with van der Waals surface area (Å²) in [5, 5.41) is 5.15. The molecule has 0 aromatic heterocycles. The van der Waals surface area contributed by atoms with Crippen molar-refractivity contribution in [2.24, 2.45) is 0 Å². The summed E-state index contributed by atoms with van der Waals surface area (Å²) in [5.74, 6) is 0. The first-order valence-corrected chi connectivity index (χ1v) is 20.0. The molecule has 0 radical (unpaired) electrons. The van der Waals surface area contributed by atoms with E-state index in [1.807, 2.05) is 146 Å². The van der Waals surface area contributed by atoms with E-state index in [2.05, 4.69) is 0 Å². The molecule has 0 aliphatic heterocycles. The summed E-state index contributed by atoms with van der Waals surface area (Å²) in [5.41, 5.74) is 2.48. The molecule has 1 heteroatoms. The van der Waals surface area contributed by atoms with E-state index in [0.717, 1.165) is 48.5 Å². The van der Waals surface area contributed by atoms with Crippen molar-refractivity contribution in [1.82, 2.24) is 0 Å². The first kappa shape index (κ1) is 25.5. The Balaban J connectivity index is 1.18. The van der Waals surface area contributed by atoms with Gasteiger partial charge < -0.3 is 4.90 Å². The normalized spacial score (nSPS) is 14.0. The van der Waals surface area contributed by atoms with Crippen LogP contribution in [0.4, 0.5) is 17.1 Å². The number of hydrogen-bond donors (Lipinski definition) is 0. The van der Waals surface area contributed by atoms with Gasteiger partial charge in [-0.3, -0.25) is 0 Å². The number of rotatable bonds is 8. The van der Waals surface area contributed by atoms with Crippen LogP contribution >= 0.6 is 0 Å². The van der Waals surface area contributed by atoms with Crippen LogP contribution in [0, 0.1) is 0 Å². The molecule has 11 aromatic rings. The van der Waals surface area contributed by atoms with E-state index in [4.69, 9.17) is 0 Å². The van der Waals surface area contributed by atoms with Gasteiger partial charge in [0.1, 0.15) is 0 Å². The highest BCUT2D eigenvalue weighted by molar-refractivity contribution is 6.04. The number of fused-ring (bicyclic) bond motifs is 3. The summed E-state index contributed by atoms with van der Waals surface area (Å²) >= 11 is 0. The van der Waals surface area contributed by atoms with E-state index >= 15 is 0 Å². The van der Waals surface area contributed by atoms with Crippen LogP contribution < -0.4 is 4.90 Å². The maximum absolute atomic E-state index is 9.91. The predicted molar refractivity (Wildman–Crippen MR) is 261 cm³/mol. The molecule has 61 heavy (non-hydrogen) atoms. The van der Waals surface area contributed by atoms with Gasteiger partial charge in [0.2, 0.25) is 0 Å². The SMILES string of the molecule is [2H]c1c([2H])c(-c2ccc3ccccc3c2)c([2H])c(N(c2c([2H])c([2H])c(-c3ccc(-c4cccc5ccccc45)cc3)c([2H])c2[2H])c2c([2H])c([2H])c(-c3c(-c4ccccc4)ccc4ccccc34)c([2H])c2[2H])c1[2H]. The van der Waals surface area contributed by atoms with Crippen LogP contribution in [0.2, 0.25) is 0 Å². The Hall–Kier alpha value is -8.00. The van der Waals surface area contributed by atoms with Crippen LogP contribution in [0.5, 0.6) is 0 Å². The summed E-state index contributed by atoms with van der Waals surface area (Å²) in [6.07, 6.45) is 0. The van der Waals surface area contributed by atoms with Gasteiger partial charge in [-0.1, -0.05) is 206 Å². The fourth-order valence-corrected chi connectivity index (χ4v) is 8.07. The summed E-state index contributed by atoms with van der Waals surface area (Å²) in [7, 11) is 0. The van der Waals surface area contributed by atoms with Crippen molar-refractivity contribution < 1.29 is 16.4 Å². The molecule has 1 nitrogen and oxygen atoms in total. The van der Waals surface area contributed by atoms with Gasteiger partial charge in [-0.15, -0.1) is 0 Å². The molecule has 286 valence electrons. The van der Waals surface area contributed by atoms with Gasteiger partial charge in [0.25, 0.3) is 0 Å². The topological polar surface area (TPSA) is 3.24 Å². The molecule has 0 atom stereocenters. The zero-order valence-electron chi connectivity index (χ0n) is 44.7. The smallest absolute Gasteiger partial charge is 0.0651 e. The van der Waals surface area contributed by atoms with Crippen LogP contribution in [0.1, 0.15) is 16.4 Å². The zero-order valence-corrected chi connectivity index (χ0v) is 32.7. The minimum absolute atomic E-state index is 0.0482. The van der Waals surface area contributed by atoms with Crippen molar-refractivity contribution in [3.63, 3.8) is 0 Å². The second-order valence-electron chi connectivity index (χ2n) is 14.7. The third-order valence-corrected chi connectivity index (χ3v) is 11.1. The minimum atomic E-state index is -0.731. The lowest BCUT2D eigenvalue weighted by Gasteiger charge is -2.27. The van der Waals surface area contributed by atoms with Gasteiger partial charge >= 0.3 is 0 Å². The van der Waals surface area contributed by atoms with Gasteiger partial charge in [-0.05, 0) is 130 Å². The lowest BCUT2D eigenvalue weighted by Crippen LogP contribution is -2.10. The number of anilines is 3. The lowest BCUT2D eigenvalue weighted by atomic mass is 9.89. The molecule has 0 aliphatic rings. The zero-order chi connectivity index (χ0) is 51.0. The average Bonchev–Trinajstić information content (AvgIpc) is 3.41. The summed E-state index contributed by atoms with van der Waals surface area (Å²) in [4.78, 5) is 0.909. The molecule has 0 aliphatic carbocycles. The maximum Gasteiger partial charge on any atom is 0.0651 e. The molecule has 0 bridgehead atoms. The third kappa shape index (κ3) is 6.93. The molecule has 0 fully saturated rings. The molecule has 0 amide bonds. The largest absolute Gasteiger partial charge is 0.310 e. The first-order chi connectivity index (χ1) is 35.3. The lowest BCUT2D eigenvalue weighted by molar-refractivity contribution is 1.28. The van der Waals surface area contributed by atoms with E-state index < -0.39 is 89.6 Å². The predicted octanol–water partition coefficient (Wildman–Crippen LogP) is 17.0. The highest BCUT2D eigenvalue weighted by Crippen LogP contribution is 2.42. The average molecular weight is 788 g/mol. The van der Waals surface area contributed by atoms with Crippen molar-refractivity contribution in [2.45, 2.75) is 0 Å². The summed E-state index contributed by atoms with van der Waals surface area (Å²) in [6.45, 7) is 0. The van der Waals surface area contributed by atoms with Gasteiger partial charge in [-0.25, -0.2) is 0 Å². The quantitative estimate of drug-likeness (QED) is 0.148. The maximum atomic E-state index is 9.91. The number of hydrogen-bond acceptors (Lipinski definition) is 1. The molecule has 0 saturated heterocycles. The van der Waals surface area contributed by atoms with Crippen molar-refractivity contribution in [3.8, 4) is 55.6 Å². The standard InChI is InChI=1S/C60H41N/c1-2-13-46(14-3-1)59-39-34-47-16-7-9-22-58(47)60(59)49-32-37-54(38-33-49)61(55-20-10-19-51(41-55)52-29-26-42-12-4-5-17-50(42)40-52)53-35-30-44(31-36-53)43-24-27-48(28-25-43)57-23-11-18-45-15-6-8-21-56(45)57/h1-41H/i10D,19D,20D,30D,31D,32D,33D,35D,36D,37D,38D,41D. The molecular weight excluding hydrogens is 735 g/mol. The fraction of sp³-hybridized carbons (Fsp3) is 0. The molecule has 0 N–H and O–H groups in total. The fourth-order valence-electron chi connectivity index (χ4n) is 8.07. The van der Waals surface area contributed by atoms with Crippen LogP contribution in [-0.2, 0) is 0 Å². The Kier molecular flexibility index (Phi) is 6.53. The molecule has 11 aromatic carbocycles. The Labute approximate surface area is 373 Å². The van der Waals surface area contributed by atoms with Gasteiger partial charge in [0.15, 0.2) is 0 Å². The number of benzene rings is 11. The van der Waals surface area contributed by atoms with Crippen molar-refractivity contribution in [2.75, 3.05) is 4.90 Å². The second-order valence-corrected chi connectivity index (χ2v) is 14.7. The molecule has 0 spiro atoms. The van der Waals surface area contributed by atoms with E-state index in [1.54, 1.807) is 30.3 Å². The highest BCUT2D eigenvalue weighted by Gasteiger charge is 2.17. The van der Waals surface area contributed by atoms with E-state index in [9.17, 15) is 16.4 Å². The summed E-state index contributed by atoms with van der Waals surface area (Å²) < 4.78 is 116. The molecule has 0 saturated carbocycles. The van der Waals surface area contributed by atoms with Crippen LogP contribution in [-0.4, -0.2) is 0 Å². The van der Waals surface area contributed by atoms with E-state index in [0.29, 0.717) is 27.6 Å². The van der Waals surface area contributed by atoms with Crippen molar-refractivity contribution in [3.05, 3.63) is 248 Å². The molecular formula is C60H41N. The van der Waals surface area contributed by atoms with Crippen LogP contribution in [0.3, 0.4) is 0 Å². The van der Waals surface area contributed by atoms with Gasteiger partial charge in [0.05, 0.1) is 16.4 Å². The Morgan fingerprint density at radius 1 is 0.295 bits per heavy atom. The monoisotopic (exact) mass is 787 g/mol. The second kappa shape index (κ2) is 15.6. The number of nitrogens with zero attached hydrogens (tertiary/aromatic N) is 1. The minimum Gasteiger partial charge on any atom is -0.310 e. The van der Waals surface area contributed by atoms with Gasteiger partial charge in [-0.2, -0.15) is 0 Å².